The van der Waals surface area contributed by atoms with E-state index in [4.69, 9.17) is 0 Å². The van der Waals surface area contributed by atoms with Crippen LogP contribution in [0.25, 0.3) is 0 Å². The second-order valence-electron chi connectivity index (χ2n) is 2.48. The fourth-order valence-corrected chi connectivity index (χ4v) is 3.02. The van der Waals surface area contributed by atoms with Gasteiger partial charge in [0.1, 0.15) is 0 Å². The summed E-state index contributed by atoms with van der Waals surface area (Å²) in [4.78, 5) is 23.4. The van der Waals surface area contributed by atoms with Crippen LogP contribution in [0.2, 0.25) is 0 Å². The van der Waals surface area contributed by atoms with Crippen LogP contribution in [0.15, 0.2) is 20.4 Å². The van der Waals surface area contributed by atoms with Gasteiger partial charge in [0.25, 0.3) is 0 Å². The summed E-state index contributed by atoms with van der Waals surface area (Å²) in [6.45, 7) is 0. The third-order valence-corrected chi connectivity index (χ3v) is 3.89. The van der Waals surface area contributed by atoms with Crippen molar-refractivity contribution >= 4 is 54.8 Å². The molecule has 13 heavy (non-hydrogen) atoms. The first-order valence-corrected chi connectivity index (χ1v) is 5.75. The molecule has 0 bridgehead atoms. The minimum Gasteiger partial charge on any atom is -0.288 e. The van der Waals surface area contributed by atoms with Crippen molar-refractivity contribution in [1.82, 2.24) is 0 Å². The predicted molar refractivity (Wildman–Crippen MR) is 57.7 cm³/mol. The van der Waals surface area contributed by atoms with Crippen LogP contribution in [0.4, 0.5) is 0 Å². The quantitative estimate of drug-likeness (QED) is 0.735. The molecular weight excluding hydrogens is 320 g/mol. The molecule has 0 aliphatic heterocycles. The van der Waals surface area contributed by atoms with Crippen molar-refractivity contribution in [2.24, 2.45) is 0 Å². The Morgan fingerprint density at radius 3 is 2.62 bits per heavy atom. The minimum absolute atomic E-state index is 0.114. The SMILES string of the molecule is O=C1C(Br)=CC(=O)c2sc(Br)cc21. The number of rotatable bonds is 0. The summed E-state index contributed by atoms with van der Waals surface area (Å²) < 4.78 is 1.13. The lowest BCUT2D eigenvalue weighted by atomic mass is 10.0. The van der Waals surface area contributed by atoms with Crippen molar-refractivity contribution in [3.63, 3.8) is 0 Å². The van der Waals surface area contributed by atoms with E-state index in [-0.39, 0.29) is 11.6 Å². The molecule has 1 aromatic heterocycles. The van der Waals surface area contributed by atoms with Gasteiger partial charge in [-0.1, -0.05) is 0 Å². The monoisotopic (exact) mass is 320 g/mol. The van der Waals surface area contributed by atoms with Gasteiger partial charge in [0.15, 0.2) is 5.78 Å². The Balaban J connectivity index is 2.67. The summed E-state index contributed by atoms with van der Waals surface area (Å²) in [6, 6.07) is 1.68. The van der Waals surface area contributed by atoms with Crippen molar-refractivity contribution in [2.75, 3.05) is 0 Å². The maximum absolute atomic E-state index is 11.5. The molecule has 0 amide bonds. The van der Waals surface area contributed by atoms with E-state index >= 15 is 0 Å². The van der Waals surface area contributed by atoms with Gasteiger partial charge in [0.05, 0.1) is 13.1 Å². The Hall–Kier alpha value is -0.260. The smallest absolute Gasteiger partial charge is 0.201 e. The van der Waals surface area contributed by atoms with Crippen molar-refractivity contribution in [3.8, 4) is 0 Å². The Morgan fingerprint density at radius 1 is 1.23 bits per heavy atom. The number of allylic oxidation sites excluding steroid dienone is 2. The van der Waals surface area contributed by atoms with E-state index in [9.17, 15) is 9.59 Å². The van der Waals surface area contributed by atoms with E-state index in [2.05, 4.69) is 31.9 Å². The Morgan fingerprint density at radius 2 is 1.92 bits per heavy atom. The lowest BCUT2D eigenvalue weighted by Gasteiger charge is -2.04. The van der Waals surface area contributed by atoms with E-state index in [0.717, 1.165) is 3.79 Å². The van der Waals surface area contributed by atoms with Gasteiger partial charge in [-0.05, 0) is 37.9 Å². The molecule has 0 aromatic carbocycles. The molecule has 1 aliphatic carbocycles. The summed E-state index contributed by atoms with van der Waals surface area (Å²) in [6.07, 6.45) is 1.31. The van der Waals surface area contributed by atoms with Crippen LogP contribution in [-0.4, -0.2) is 11.6 Å². The first-order chi connectivity index (χ1) is 6.09. The maximum Gasteiger partial charge on any atom is 0.201 e. The molecule has 0 unspecified atom stereocenters. The average Bonchev–Trinajstić information content (AvgIpc) is 2.44. The van der Waals surface area contributed by atoms with E-state index < -0.39 is 0 Å². The van der Waals surface area contributed by atoms with Crippen LogP contribution in [0.3, 0.4) is 0 Å². The van der Waals surface area contributed by atoms with E-state index in [1.807, 2.05) is 0 Å². The van der Waals surface area contributed by atoms with Crippen LogP contribution in [0.5, 0.6) is 0 Å². The number of halogens is 2. The highest BCUT2D eigenvalue weighted by molar-refractivity contribution is 9.12. The van der Waals surface area contributed by atoms with E-state index in [1.165, 1.54) is 17.4 Å². The summed E-state index contributed by atoms with van der Waals surface area (Å²) >= 11 is 7.58. The third-order valence-electron chi connectivity index (χ3n) is 1.65. The molecule has 1 heterocycles. The number of thiophene rings is 1. The van der Waals surface area contributed by atoms with E-state index in [0.29, 0.717) is 14.9 Å². The van der Waals surface area contributed by atoms with Crippen LogP contribution in [0.1, 0.15) is 20.0 Å². The fourth-order valence-electron chi connectivity index (χ4n) is 1.09. The number of carbonyl (C=O) groups is 2. The largest absolute Gasteiger partial charge is 0.288 e. The summed E-state index contributed by atoms with van der Waals surface area (Å²) in [5.74, 6) is -0.242. The zero-order chi connectivity index (χ0) is 9.59. The number of hydrogen-bond acceptors (Lipinski definition) is 3. The van der Waals surface area contributed by atoms with Crippen molar-refractivity contribution < 1.29 is 9.59 Å². The lowest BCUT2D eigenvalue weighted by Crippen LogP contribution is -2.10. The highest BCUT2D eigenvalue weighted by Gasteiger charge is 2.26. The molecule has 5 heteroatoms. The van der Waals surface area contributed by atoms with Crippen LogP contribution >= 0.6 is 43.2 Å². The first kappa shape index (κ1) is 9.30. The standard InChI is InChI=1S/C8H2Br2O2S/c9-4-2-5(11)8-3(7(4)12)1-6(10)13-8/h1-2H. The number of Topliss-reactive ketones (excluding diaryl/α,β-unsaturated/α-hetero) is 1. The summed E-state index contributed by atoms with van der Waals surface area (Å²) in [7, 11) is 0. The molecule has 0 saturated heterocycles. The number of ketones is 2. The Kier molecular flexibility index (Phi) is 2.25. The number of hydrogen-bond donors (Lipinski definition) is 0. The molecule has 2 rings (SSSR count). The molecule has 1 aliphatic rings. The van der Waals surface area contributed by atoms with Crippen LogP contribution in [0, 0.1) is 0 Å². The minimum atomic E-state index is -0.128. The van der Waals surface area contributed by atoms with Crippen LogP contribution in [-0.2, 0) is 0 Å². The van der Waals surface area contributed by atoms with E-state index in [1.54, 1.807) is 6.07 Å². The average molecular weight is 322 g/mol. The van der Waals surface area contributed by atoms with Gasteiger partial charge in [-0.2, -0.15) is 0 Å². The number of fused-ring (bicyclic) bond motifs is 1. The molecule has 0 fully saturated rings. The molecular formula is C8H2Br2O2S. The van der Waals surface area contributed by atoms with Crippen LogP contribution < -0.4 is 0 Å². The normalized spacial score (nSPS) is 15.7. The predicted octanol–water partition coefficient (Wildman–Crippen LogP) is 3.17. The zero-order valence-corrected chi connectivity index (χ0v) is 10.1. The van der Waals surface area contributed by atoms with Crippen molar-refractivity contribution in [3.05, 3.63) is 30.9 Å². The lowest BCUT2D eigenvalue weighted by molar-refractivity contribution is 0.0995. The van der Waals surface area contributed by atoms with Gasteiger partial charge in [-0.3, -0.25) is 9.59 Å². The van der Waals surface area contributed by atoms with Gasteiger partial charge in [-0.15, -0.1) is 11.3 Å². The highest BCUT2D eigenvalue weighted by Crippen LogP contribution is 2.33. The summed E-state index contributed by atoms with van der Waals surface area (Å²) in [5, 5.41) is 0. The maximum atomic E-state index is 11.5. The Labute approximate surface area is 94.9 Å². The highest BCUT2D eigenvalue weighted by atomic mass is 79.9. The molecule has 2 nitrogen and oxygen atoms in total. The zero-order valence-electron chi connectivity index (χ0n) is 6.14. The van der Waals surface area contributed by atoms with Gasteiger partial charge in [0, 0.05) is 11.6 Å². The van der Waals surface area contributed by atoms with Crippen molar-refractivity contribution in [1.29, 1.82) is 0 Å². The molecule has 0 saturated carbocycles. The van der Waals surface area contributed by atoms with Gasteiger partial charge in [-0.25, -0.2) is 0 Å². The fraction of sp³-hybridized carbons (Fsp3) is 0. The topological polar surface area (TPSA) is 34.1 Å². The first-order valence-electron chi connectivity index (χ1n) is 3.35. The Bertz CT molecular complexity index is 445. The van der Waals surface area contributed by atoms with Gasteiger partial charge < -0.3 is 0 Å². The van der Waals surface area contributed by atoms with Crippen molar-refractivity contribution in [2.45, 2.75) is 0 Å². The molecule has 0 radical (unpaired) electrons. The molecule has 0 atom stereocenters. The van der Waals surface area contributed by atoms with Gasteiger partial charge in [0.2, 0.25) is 5.78 Å². The third kappa shape index (κ3) is 1.45. The second-order valence-corrected chi connectivity index (χ2v) is 5.76. The molecule has 0 N–H and O–H groups in total. The second kappa shape index (κ2) is 3.15. The molecule has 66 valence electrons. The molecule has 0 spiro atoms. The molecule has 1 aromatic rings. The van der Waals surface area contributed by atoms with Gasteiger partial charge >= 0.3 is 0 Å². The number of carbonyl (C=O) groups excluding carboxylic acids is 2. The summed E-state index contributed by atoms with van der Waals surface area (Å²) in [5.41, 5.74) is 0.483.